The number of nitrogens with one attached hydrogen (secondary N) is 1. The summed E-state index contributed by atoms with van der Waals surface area (Å²) in [7, 11) is 0. The Labute approximate surface area is 133 Å². The Hall–Kier alpha value is -1.79. The number of H-pyrrole nitrogens is 1. The maximum Gasteiger partial charge on any atom is 0.266 e. The molecule has 0 aliphatic heterocycles. The molecule has 2 aromatic carbocycles. The molecule has 0 saturated carbocycles. The van der Waals surface area contributed by atoms with Gasteiger partial charge in [-0.2, -0.15) is 0 Å². The summed E-state index contributed by atoms with van der Waals surface area (Å²) in [6.07, 6.45) is 0. The predicted molar refractivity (Wildman–Crippen MR) is 87.1 cm³/mol. The summed E-state index contributed by atoms with van der Waals surface area (Å²) in [5.74, 6) is -0.440. The lowest BCUT2D eigenvalue weighted by Gasteiger charge is -2.11. The van der Waals surface area contributed by atoms with E-state index in [-0.39, 0.29) is 10.3 Å². The SMILES string of the molecule is Cc1cc(Br)c(F)cc1-n1c(=S)[nH]c2ccccc2c1=O. The molecule has 6 heteroatoms. The van der Waals surface area contributed by atoms with Gasteiger partial charge in [-0.3, -0.25) is 9.36 Å². The first-order valence-electron chi connectivity index (χ1n) is 6.19. The molecule has 3 aromatic rings. The zero-order chi connectivity index (χ0) is 15.1. The third-order valence-electron chi connectivity index (χ3n) is 3.29. The van der Waals surface area contributed by atoms with E-state index in [1.165, 1.54) is 10.6 Å². The first kappa shape index (κ1) is 14.2. The molecule has 1 N–H and O–H groups in total. The molecule has 0 radical (unpaired) electrons. The topological polar surface area (TPSA) is 37.8 Å². The van der Waals surface area contributed by atoms with Crippen molar-refractivity contribution in [1.29, 1.82) is 0 Å². The Morgan fingerprint density at radius 1 is 1.29 bits per heavy atom. The van der Waals surface area contributed by atoms with Crippen molar-refractivity contribution < 1.29 is 4.39 Å². The van der Waals surface area contributed by atoms with Gasteiger partial charge in [0, 0.05) is 0 Å². The highest BCUT2D eigenvalue weighted by Crippen LogP contribution is 2.23. The van der Waals surface area contributed by atoms with Crippen LogP contribution in [-0.2, 0) is 0 Å². The summed E-state index contributed by atoms with van der Waals surface area (Å²) < 4.78 is 15.7. The molecule has 21 heavy (non-hydrogen) atoms. The van der Waals surface area contributed by atoms with Gasteiger partial charge in [0.1, 0.15) is 5.82 Å². The minimum atomic E-state index is -0.440. The van der Waals surface area contributed by atoms with Crippen LogP contribution in [0.25, 0.3) is 16.6 Å². The molecular weight excluding hydrogens is 355 g/mol. The summed E-state index contributed by atoms with van der Waals surface area (Å²) in [5, 5.41) is 0.508. The smallest absolute Gasteiger partial charge is 0.266 e. The van der Waals surface area contributed by atoms with E-state index in [2.05, 4.69) is 20.9 Å². The summed E-state index contributed by atoms with van der Waals surface area (Å²) in [6, 6.07) is 10.0. The van der Waals surface area contributed by atoms with Gasteiger partial charge in [0.15, 0.2) is 4.77 Å². The molecule has 0 bridgehead atoms. The number of aromatic nitrogens is 2. The minimum absolute atomic E-state index is 0.239. The third-order valence-corrected chi connectivity index (χ3v) is 4.18. The Bertz CT molecular complexity index is 978. The van der Waals surface area contributed by atoms with E-state index in [0.717, 1.165) is 5.56 Å². The fourth-order valence-electron chi connectivity index (χ4n) is 2.26. The highest BCUT2D eigenvalue weighted by Gasteiger charge is 2.12. The second kappa shape index (κ2) is 5.20. The monoisotopic (exact) mass is 364 g/mol. The number of aromatic amines is 1. The number of aryl methyl sites for hydroxylation is 1. The predicted octanol–water partition coefficient (Wildman–Crippen LogP) is 4.26. The van der Waals surface area contributed by atoms with Crippen molar-refractivity contribution in [3.05, 3.63) is 67.4 Å². The molecule has 3 rings (SSSR count). The average molecular weight is 365 g/mol. The molecule has 0 fully saturated rings. The number of benzene rings is 2. The lowest BCUT2D eigenvalue weighted by atomic mass is 10.2. The normalized spacial score (nSPS) is 11.0. The number of hydrogen-bond donors (Lipinski definition) is 1. The molecule has 0 unspecified atom stereocenters. The maximum absolute atomic E-state index is 13.8. The minimum Gasteiger partial charge on any atom is -0.331 e. The van der Waals surface area contributed by atoms with Gasteiger partial charge in [-0.1, -0.05) is 12.1 Å². The van der Waals surface area contributed by atoms with Gasteiger partial charge in [-0.25, -0.2) is 4.39 Å². The van der Waals surface area contributed by atoms with Crippen molar-refractivity contribution in [1.82, 2.24) is 9.55 Å². The van der Waals surface area contributed by atoms with Gasteiger partial charge >= 0.3 is 0 Å². The zero-order valence-corrected chi connectivity index (χ0v) is 13.4. The number of para-hydroxylation sites is 1. The summed E-state index contributed by atoms with van der Waals surface area (Å²) >= 11 is 8.39. The van der Waals surface area contributed by atoms with E-state index in [1.807, 2.05) is 6.07 Å². The number of halogens is 2. The van der Waals surface area contributed by atoms with E-state index < -0.39 is 5.82 Å². The summed E-state index contributed by atoms with van der Waals surface area (Å²) in [4.78, 5) is 15.6. The average Bonchev–Trinajstić information content (AvgIpc) is 2.44. The summed E-state index contributed by atoms with van der Waals surface area (Å²) in [6.45, 7) is 1.80. The van der Waals surface area contributed by atoms with Crippen molar-refractivity contribution in [3.63, 3.8) is 0 Å². The lowest BCUT2D eigenvalue weighted by molar-refractivity contribution is 0.618. The number of rotatable bonds is 1. The van der Waals surface area contributed by atoms with Crippen molar-refractivity contribution >= 4 is 39.1 Å². The number of nitrogens with zero attached hydrogens (tertiary/aromatic N) is 1. The van der Waals surface area contributed by atoms with Gasteiger partial charge in [0.2, 0.25) is 0 Å². The Morgan fingerprint density at radius 2 is 2.00 bits per heavy atom. The lowest BCUT2D eigenvalue weighted by Crippen LogP contribution is -2.21. The van der Waals surface area contributed by atoms with Crippen LogP contribution in [0.5, 0.6) is 0 Å². The maximum atomic E-state index is 13.8. The number of hydrogen-bond acceptors (Lipinski definition) is 2. The molecule has 0 saturated heterocycles. The van der Waals surface area contributed by atoms with Crippen LogP contribution in [0.3, 0.4) is 0 Å². The largest absolute Gasteiger partial charge is 0.331 e. The van der Waals surface area contributed by atoms with Crippen LogP contribution in [0.1, 0.15) is 5.56 Å². The van der Waals surface area contributed by atoms with Crippen LogP contribution >= 0.6 is 28.1 Å². The third kappa shape index (κ3) is 2.34. The fourth-order valence-corrected chi connectivity index (χ4v) is 3.01. The number of fused-ring (bicyclic) bond motifs is 1. The Balaban J connectivity index is 2.44. The first-order valence-corrected chi connectivity index (χ1v) is 7.39. The van der Waals surface area contributed by atoms with Gasteiger partial charge in [-0.05, 0) is 64.9 Å². The molecule has 0 aliphatic carbocycles. The van der Waals surface area contributed by atoms with Gasteiger partial charge in [0.25, 0.3) is 5.56 Å². The highest BCUT2D eigenvalue weighted by atomic mass is 79.9. The van der Waals surface area contributed by atoms with E-state index in [1.54, 1.807) is 31.2 Å². The Morgan fingerprint density at radius 3 is 2.76 bits per heavy atom. The Kier molecular flexibility index (Phi) is 3.51. The van der Waals surface area contributed by atoms with Crippen molar-refractivity contribution in [2.75, 3.05) is 0 Å². The highest BCUT2D eigenvalue weighted by molar-refractivity contribution is 9.10. The molecule has 0 atom stereocenters. The van der Waals surface area contributed by atoms with Crippen LogP contribution in [0, 0.1) is 17.5 Å². The second-order valence-electron chi connectivity index (χ2n) is 4.67. The van der Waals surface area contributed by atoms with Crippen molar-refractivity contribution in [2.24, 2.45) is 0 Å². The standard InChI is InChI=1S/C15H10BrFN2OS/c1-8-6-10(16)11(17)7-13(8)19-14(20)9-4-2-3-5-12(9)18-15(19)21/h2-7H,1H3,(H,18,21). The van der Waals surface area contributed by atoms with Crippen LogP contribution < -0.4 is 5.56 Å². The molecule has 0 aliphatic rings. The van der Waals surface area contributed by atoms with Gasteiger partial charge in [-0.15, -0.1) is 0 Å². The fraction of sp³-hybridized carbons (Fsp3) is 0.0667. The second-order valence-corrected chi connectivity index (χ2v) is 5.91. The van der Waals surface area contributed by atoms with Crippen LogP contribution in [0.2, 0.25) is 0 Å². The molecule has 0 spiro atoms. The molecule has 0 amide bonds. The van der Waals surface area contributed by atoms with E-state index in [9.17, 15) is 9.18 Å². The van der Waals surface area contributed by atoms with Gasteiger partial charge in [0.05, 0.1) is 21.1 Å². The van der Waals surface area contributed by atoms with Crippen LogP contribution in [-0.4, -0.2) is 9.55 Å². The zero-order valence-electron chi connectivity index (χ0n) is 11.0. The van der Waals surface area contributed by atoms with E-state index >= 15 is 0 Å². The molecule has 1 aromatic heterocycles. The molecular formula is C15H10BrFN2OS. The van der Waals surface area contributed by atoms with E-state index in [4.69, 9.17) is 12.2 Å². The van der Waals surface area contributed by atoms with Crippen LogP contribution in [0.15, 0.2) is 45.7 Å². The van der Waals surface area contributed by atoms with Gasteiger partial charge < -0.3 is 4.98 Å². The van der Waals surface area contributed by atoms with Crippen LogP contribution in [0.4, 0.5) is 4.39 Å². The van der Waals surface area contributed by atoms with E-state index in [0.29, 0.717) is 21.1 Å². The first-order chi connectivity index (χ1) is 9.99. The molecule has 3 nitrogen and oxygen atoms in total. The van der Waals surface area contributed by atoms with Crippen molar-refractivity contribution in [3.8, 4) is 5.69 Å². The molecule has 106 valence electrons. The molecule has 1 heterocycles. The summed E-state index contributed by atoms with van der Waals surface area (Å²) in [5.41, 5.74) is 1.59. The van der Waals surface area contributed by atoms with Crippen molar-refractivity contribution in [2.45, 2.75) is 6.92 Å². The quantitative estimate of drug-likeness (QED) is 0.655.